The third-order valence-electron chi connectivity index (χ3n) is 4.17. The first-order valence-corrected chi connectivity index (χ1v) is 10.5. The van der Waals surface area contributed by atoms with E-state index in [9.17, 15) is 4.79 Å². The molecule has 8 heteroatoms. The molecular weight excluding hydrogens is 378 g/mol. The largest absolute Gasteiger partial charge is 0.325 e. The van der Waals surface area contributed by atoms with Crippen LogP contribution >= 0.6 is 23.1 Å². The standard InChI is InChI=1S/C19H17N5OS2/c20-11-13-3-1-4-14(9-13)21-18(25)12-27-19-23-22-17(24(19)15-6-7-15)10-16-5-2-8-26-16/h1-5,8-9,15H,6-7,10,12H2,(H,21,25). The Hall–Kier alpha value is -2.63. The van der Waals surface area contributed by atoms with Crippen molar-refractivity contribution in [3.63, 3.8) is 0 Å². The topological polar surface area (TPSA) is 83.6 Å². The second kappa shape index (κ2) is 7.94. The number of thioether (sulfide) groups is 1. The van der Waals surface area contributed by atoms with Crippen molar-refractivity contribution >= 4 is 34.7 Å². The lowest BCUT2D eigenvalue weighted by Gasteiger charge is -2.08. The zero-order chi connectivity index (χ0) is 18.6. The predicted octanol–water partition coefficient (Wildman–Crippen LogP) is 3.87. The normalized spacial score (nSPS) is 13.3. The van der Waals surface area contributed by atoms with E-state index in [1.165, 1.54) is 16.6 Å². The van der Waals surface area contributed by atoms with Gasteiger partial charge in [-0.3, -0.25) is 4.79 Å². The van der Waals surface area contributed by atoms with Gasteiger partial charge >= 0.3 is 0 Å². The number of hydrogen-bond acceptors (Lipinski definition) is 6. The molecule has 1 saturated carbocycles. The lowest BCUT2D eigenvalue weighted by atomic mass is 10.2. The molecule has 0 radical (unpaired) electrons. The summed E-state index contributed by atoms with van der Waals surface area (Å²) in [5.74, 6) is 1.09. The van der Waals surface area contributed by atoms with E-state index in [4.69, 9.17) is 5.26 Å². The monoisotopic (exact) mass is 395 g/mol. The lowest BCUT2D eigenvalue weighted by molar-refractivity contribution is -0.113. The first kappa shape index (κ1) is 17.8. The Balaban J connectivity index is 1.41. The second-order valence-corrected chi connectivity index (χ2v) is 8.26. The van der Waals surface area contributed by atoms with Crippen molar-refractivity contribution in [3.05, 3.63) is 58.0 Å². The number of amides is 1. The van der Waals surface area contributed by atoms with Crippen molar-refractivity contribution in [2.75, 3.05) is 11.1 Å². The first-order chi connectivity index (χ1) is 13.2. The summed E-state index contributed by atoms with van der Waals surface area (Å²) >= 11 is 3.12. The van der Waals surface area contributed by atoms with Crippen molar-refractivity contribution in [2.45, 2.75) is 30.5 Å². The molecule has 3 aromatic rings. The van der Waals surface area contributed by atoms with Crippen LogP contribution in [-0.2, 0) is 11.2 Å². The van der Waals surface area contributed by atoms with E-state index in [-0.39, 0.29) is 11.7 Å². The summed E-state index contributed by atoms with van der Waals surface area (Å²) in [7, 11) is 0. The van der Waals surface area contributed by atoms with Crippen LogP contribution in [0.5, 0.6) is 0 Å². The molecule has 0 spiro atoms. The number of nitrogens with one attached hydrogen (secondary N) is 1. The van der Waals surface area contributed by atoms with E-state index < -0.39 is 0 Å². The summed E-state index contributed by atoms with van der Waals surface area (Å²) in [5.41, 5.74) is 1.15. The van der Waals surface area contributed by atoms with Crippen molar-refractivity contribution in [1.82, 2.24) is 14.8 Å². The van der Waals surface area contributed by atoms with Crippen LogP contribution in [0.2, 0.25) is 0 Å². The quantitative estimate of drug-likeness (QED) is 0.614. The third kappa shape index (κ3) is 4.38. The van der Waals surface area contributed by atoms with Crippen molar-refractivity contribution < 1.29 is 4.79 Å². The van der Waals surface area contributed by atoms with Crippen LogP contribution in [0.25, 0.3) is 0 Å². The van der Waals surface area contributed by atoms with Gasteiger partial charge in [-0.15, -0.1) is 21.5 Å². The summed E-state index contributed by atoms with van der Waals surface area (Å²) in [6.45, 7) is 0. The molecule has 1 aromatic carbocycles. The van der Waals surface area contributed by atoms with E-state index in [0.717, 1.165) is 30.2 Å². The number of anilines is 1. The molecule has 1 amide bonds. The minimum atomic E-state index is -0.125. The van der Waals surface area contributed by atoms with Crippen LogP contribution in [0.4, 0.5) is 5.69 Å². The Bertz CT molecular complexity index is 986. The van der Waals surface area contributed by atoms with Gasteiger partial charge in [0.05, 0.1) is 17.4 Å². The van der Waals surface area contributed by atoms with Crippen LogP contribution in [0.15, 0.2) is 46.9 Å². The Kier molecular flexibility index (Phi) is 5.23. The van der Waals surface area contributed by atoms with E-state index in [2.05, 4.69) is 37.6 Å². The highest BCUT2D eigenvalue weighted by Crippen LogP contribution is 2.39. The Morgan fingerprint density at radius 3 is 2.96 bits per heavy atom. The zero-order valence-corrected chi connectivity index (χ0v) is 16.1. The number of thiophene rings is 1. The minimum Gasteiger partial charge on any atom is -0.325 e. The third-order valence-corrected chi connectivity index (χ3v) is 5.99. The zero-order valence-electron chi connectivity index (χ0n) is 14.5. The number of nitrogens with zero attached hydrogens (tertiary/aromatic N) is 4. The van der Waals surface area contributed by atoms with Gasteiger partial charge in [-0.2, -0.15) is 5.26 Å². The molecule has 0 bridgehead atoms. The highest BCUT2D eigenvalue weighted by molar-refractivity contribution is 7.99. The number of carbonyl (C=O) groups excluding carboxylic acids is 1. The Morgan fingerprint density at radius 1 is 1.33 bits per heavy atom. The van der Waals surface area contributed by atoms with Crippen molar-refractivity contribution in [2.24, 2.45) is 0 Å². The van der Waals surface area contributed by atoms with Gasteiger partial charge in [0, 0.05) is 23.0 Å². The fourth-order valence-corrected chi connectivity index (χ4v) is 4.31. The van der Waals surface area contributed by atoms with Gasteiger partial charge in [-0.05, 0) is 42.5 Å². The molecular formula is C19H17N5OS2. The molecule has 1 aliphatic carbocycles. The van der Waals surface area contributed by atoms with Crippen LogP contribution in [-0.4, -0.2) is 26.4 Å². The molecule has 1 N–H and O–H groups in total. The minimum absolute atomic E-state index is 0.125. The molecule has 27 heavy (non-hydrogen) atoms. The Labute approximate surface area is 165 Å². The summed E-state index contributed by atoms with van der Waals surface area (Å²) in [6.07, 6.45) is 3.04. The number of hydrogen-bond donors (Lipinski definition) is 1. The van der Waals surface area contributed by atoms with Crippen LogP contribution < -0.4 is 5.32 Å². The Morgan fingerprint density at radius 2 is 2.22 bits per heavy atom. The average molecular weight is 396 g/mol. The predicted molar refractivity (Wildman–Crippen MR) is 106 cm³/mol. The van der Waals surface area contributed by atoms with Gasteiger partial charge in [-0.25, -0.2) is 0 Å². The lowest BCUT2D eigenvalue weighted by Crippen LogP contribution is -2.14. The maximum absolute atomic E-state index is 12.3. The molecule has 136 valence electrons. The summed E-state index contributed by atoms with van der Waals surface area (Å²) in [6, 6.07) is 13.6. The SMILES string of the molecule is N#Cc1cccc(NC(=O)CSc2nnc(Cc3cccs3)n2C2CC2)c1. The van der Waals surface area contributed by atoms with Gasteiger partial charge in [0.25, 0.3) is 0 Å². The molecule has 2 aromatic heterocycles. The smallest absolute Gasteiger partial charge is 0.234 e. The molecule has 6 nitrogen and oxygen atoms in total. The van der Waals surface area contributed by atoms with Gasteiger partial charge in [0.15, 0.2) is 5.16 Å². The number of aromatic nitrogens is 3. The summed E-state index contributed by atoms with van der Waals surface area (Å²) < 4.78 is 2.19. The van der Waals surface area contributed by atoms with Gasteiger partial charge in [0.2, 0.25) is 5.91 Å². The summed E-state index contributed by atoms with van der Waals surface area (Å²) in [4.78, 5) is 13.5. The van der Waals surface area contributed by atoms with Gasteiger partial charge < -0.3 is 9.88 Å². The molecule has 1 fully saturated rings. The van der Waals surface area contributed by atoms with Crippen LogP contribution in [0.3, 0.4) is 0 Å². The molecule has 0 unspecified atom stereocenters. The number of nitriles is 1. The van der Waals surface area contributed by atoms with Crippen LogP contribution in [0.1, 0.15) is 35.1 Å². The van der Waals surface area contributed by atoms with E-state index in [1.807, 2.05) is 6.07 Å². The van der Waals surface area contributed by atoms with E-state index >= 15 is 0 Å². The van der Waals surface area contributed by atoms with Crippen molar-refractivity contribution in [3.8, 4) is 6.07 Å². The molecule has 2 heterocycles. The van der Waals surface area contributed by atoms with E-state index in [1.54, 1.807) is 35.6 Å². The highest BCUT2D eigenvalue weighted by atomic mass is 32.2. The number of rotatable bonds is 7. The number of carbonyl (C=O) groups is 1. The molecule has 1 aliphatic rings. The fourth-order valence-electron chi connectivity index (χ4n) is 2.79. The molecule has 4 rings (SSSR count). The molecule has 0 saturated heterocycles. The highest BCUT2D eigenvalue weighted by Gasteiger charge is 2.29. The summed E-state index contributed by atoms with van der Waals surface area (Å²) in [5, 5.41) is 23.3. The maximum Gasteiger partial charge on any atom is 0.234 e. The first-order valence-electron chi connectivity index (χ1n) is 8.62. The van der Waals surface area contributed by atoms with Gasteiger partial charge in [0.1, 0.15) is 5.82 Å². The molecule has 0 aliphatic heterocycles. The molecule has 0 atom stereocenters. The second-order valence-electron chi connectivity index (χ2n) is 6.29. The van der Waals surface area contributed by atoms with E-state index in [0.29, 0.717) is 17.3 Å². The van der Waals surface area contributed by atoms with Crippen molar-refractivity contribution in [1.29, 1.82) is 5.26 Å². The number of benzene rings is 1. The maximum atomic E-state index is 12.3. The van der Waals surface area contributed by atoms with Gasteiger partial charge in [-0.1, -0.05) is 23.9 Å². The average Bonchev–Trinajstić information content (AvgIpc) is 3.23. The van der Waals surface area contributed by atoms with Crippen LogP contribution in [0, 0.1) is 11.3 Å². The fraction of sp³-hybridized carbons (Fsp3) is 0.263.